The van der Waals surface area contributed by atoms with E-state index in [0.717, 1.165) is 11.1 Å². The molecule has 0 aliphatic carbocycles. The van der Waals surface area contributed by atoms with Crippen LogP contribution in [0.3, 0.4) is 0 Å². The van der Waals surface area contributed by atoms with E-state index in [9.17, 15) is 0 Å². The summed E-state index contributed by atoms with van der Waals surface area (Å²) in [4.78, 5) is 0. The molecule has 0 radical (unpaired) electrons. The Kier molecular flexibility index (Phi) is 3.96. The van der Waals surface area contributed by atoms with Gasteiger partial charge in [-0.1, -0.05) is 29.4 Å². The summed E-state index contributed by atoms with van der Waals surface area (Å²) in [5.41, 5.74) is 7.46. The molecule has 5 nitrogen and oxygen atoms in total. The number of hydrogen-bond donors (Lipinski definition) is 1. The third-order valence-electron chi connectivity index (χ3n) is 2.70. The third kappa shape index (κ3) is 2.52. The summed E-state index contributed by atoms with van der Waals surface area (Å²) in [5, 5.41) is 3.70. The molecule has 0 fully saturated rings. The van der Waals surface area contributed by atoms with Gasteiger partial charge >= 0.3 is 0 Å². The van der Waals surface area contributed by atoms with Gasteiger partial charge in [0, 0.05) is 25.8 Å². The normalized spacial score (nSPS) is 12.6. The van der Waals surface area contributed by atoms with Crippen molar-refractivity contribution in [2.75, 3.05) is 26.6 Å². The summed E-state index contributed by atoms with van der Waals surface area (Å²) in [6, 6.07) is 9.48. The summed E-state index contributed by atoms with van der Waals surface area (Å²) in [7, 11) is 3.29. The van der Waals surface area contributed by atoms with Gasteiger partial charge in [-0.15, -0.1) is 0 Å². The summed E-state index contributed by atoms with van der Waals surface area (Å²) >= 11 is 0. The average molecular weight is 248 g/mol. The Morgan fingerprint density at radius 3 is 2.72 bits per heavy atom. The maximum Gasteiger partial charge on any atom is 0.169 e. The highest BCUT2D eigenvalue weighted by Gasteiger charge is 2.17. The summed E-state index contributed by atoms with van der Waals surface area (Å²) in [5.74, 6) is 0.988. The van der Waals surface area contributed by atoms with Gasteiger partial charge in [0.1, 0.15) is 6.10 Å². The van der Waals surface area contributed by atoms with Crippen LogP contribution in [0.2, 0.25) is 0 Å². The maximum absolute atomic E-state index is 5.57. The zero-order chi connectivity index (χ0) is 13.0. The van der Waals surface area contributed by atoms with Crippen molar-refractivity contribution in [3.63, 3.8) is 0 Å². The predicted octanol–water partition coefficient (Wildman–Crippen LogP) is 2.26. The predicted molar refractivity (Wildman–Crippen MR) is 68.0 cm³/mol. The lowest BCUT2D eigenvalue weighted by Crippen LogP contribution is -2.09. The van der Waals surface area contributed by atoms with Gasteiger partial charge in [0.15, 0.2) is 11.6 Å². The molecule has 0 aliphatic rings. The van der Waals surface area contributed by atoms with Crippen molar-refractivity contribution >= 4 is 5.82 Å². The van der Waals surface area contributed by atoms with Crippen molar-refractivity contribution in [3.05, 3.63) is 35.9 Å². The van der Waals surface area contributed by atoms with Crippen LogP contribution >= 0.6 is 0 Å². The van der Waals surface area contributed by atoms with E-state index in [1.165, 1.54) is 0 Å². The van der Waals surface area contributed by atoms with Crippen LogP contribution < -0.4 is 5.73 Å². The van der Waals surface area contributed by atoms with Gasteiger partial charge in [-0.2, -0.15) is 0 Å². The number of hydrogen-bond acceptors (Lipinski definition) is 5. The molecule has 0 saturated carbocycles. The van der Waals surface area contributed by atoms with E-state index in [0.29, 0.717) is 18.2 Å². The van der Waals surface area contributed by atoms with Gasteiger partial charge in [-0.05, 0) is 5.56 Å². The second kappa shape index (κ2) is 5.66. The monoisotopic (exact) mass is 248 g/mol. The number of anilines is 1. The fraction of sp³-hybridized carbons (Fsp3) is 0.308. The first-order chi connectivity index (χ1) is 8.76. The molecule has 0 bridgehead atoms. The standard InChI is InChI=1S/C13H16N2O3/c1-16-8-12(17-2)10-6-4-3-5-9(10)11-7-13(14)15-18-11/h3-7,12H,8H2,1-2H3,(H2,14,15). The fourth-order valence-electron chi connectivity index (χ4n) is 1.85. The van der Waals surface area contributed by atoms with Gasteiger partial charge in [-0.25, -0.2) is 0 Å². The van der Waals surface area contributed by atoms with Crippen molar-refractivity contribution < 1.29 is 14.0 Å². The molecule has 1 aromatic carbocycles. The van der Waals surface area contributed by atoms with Crippen molar-refractivity contribution in [1.82, 2.24) is 5.16 Å². The van der Waals surface area contributed by atoms with Crippen molar-refractivity contribution in [2.24, 2.45) is 0 Å². The van der Waals surface area contributed by atoms with Gasteiger partial charge < -0.3 is 19.7 Å². The second-order valence-electron chi connectivity index (χ2n) is 3.88. The van der Waals surface area contributed by atoms with Crippen LogP contribution in [0, 0.1) is 0 Å². The highest BCUT2D eigenvalue weighted by molar-refractivity contribution is 5.64. The van der Waals surface area contributed by atoms with Crippen LogP contribution in [0.25, 0.3) is 11.3 Å². The zero-order valence-corrected chi connectivity index (χ0v) is 10.4. The molecule has 1 atom stereocenters. The number of benzene rings is 1. The number of methoxy groups -OCH3 is 2. The molecule has 1 unspecified atom stereocenters. The lowest BCUT2D eigenvalue weighted by Gasteiger charge is -2.17. The van der Waals surface area contributed by atoms with E-state index in [4.69, 9.17) is 19.7 Å². The lowest BCUT2D eigenvalue weighted by atomic mass is 10.0. The van der Waals surface area contributed by atoms with E-state index >= 15 is 0 Å². The first-order valence-corrected chi connectivity index (χ1v) is 5.59. The van der Waals surface area contributed by atoms with E-state index in [-0.39, 0.29) is 6.10 Å². The molecule has 1 aromatic heterocycles. The fourth-order valence-corrected chi connectivity index (χ4v) is 1.85. The molecule has 2 rings (SSSR count). The molecule has 5 heteroatoms. The SMILES string of the molecule is COCC(OC)c1ccccc1-c1cc(N)no1. The Balaban J connectivity index is 2.41. The molecule has 18 heavy (non-hydrogen) atoms. The number of nitrogen functional groups attached to an aromatic ring is 1. The quantitative estimate of drug-likeness (QED) is 0.878. The van der Waals surface area contributed by atoms with Gasteiger partial charge in [0.2, 0.25) is 0 Å². The Bertz CT molecular complexity index is 510. The van der Waals surface area contributed by atoms with Gasteiger partial charge in [0.05, 0.1) is 6.61 Å². The highest BCUT2D eigenvalue weighted by atomic mass is 16.5. The average Bonchev–Trinajstić information content (AvgIpc) is 2.82. The summed E-state index contributed by atoms with van der Waals surface area (Å²) in [6.07, 6.45) is -0.155. The Morgan fingerprint density at radius 1 is 1.33 bits per heavy atom. The minimum atomic E-state index is -0.155. The van der Waals surface area contributed by atoms with Crippen LogP contribution in [0.5, 0.6) is 0 Å². The Labute approximate surface area is 105 Å². The number of rotatable bonds is 5. The molecule has 0 amide bonds. The van der Waals surface area contributed by atoms with Crippen LogP contribution in [0.15, 0.2) is 34.9 Å². The van der Waals surface area contributed by atoms with Crippen LogP contribution in [0.4, 0.5) is 5.82 Å². The molecule has 0 aliphatic heterocycles. The first-order valence-electron chi connectivity index (χ1n) is 5.59. The number of ether oxygens (including phenoxy) is 2. The van der Waals surface area contributed by atoms with Crippen LogP contribution in [-0.4, -0.2) is 26.0 Å². The molecular weight excluding hydrogens is 232 g/mol. The van der Waals surface area contributed by atoms with Crippen LogP contribution in [-0.2, 0) is 9.47 Å². The molecule has 0 spiro atoms. The lowest BCUT2D eigenvalue weighted by molar-refractivity contribution is 0.0277. The van der Waals surface area contributed by atoms with Gasteiger partial charge in [0.25, 0.3) is 0 Å². The first kappa shape index (κ1) is 12.6. The molecule has 1 heterocycles. The summed E-state index contributed by atoms with van der Waals surface area (Å²) < 4.78 is 15.8. The smallest absolute Gasteiger partial charge is 0.169 e. The Hall–Kier alpha value is -1.85. The van der Waals surface area contributed by atoms with Crippen molar-refractivity contribution in [3.8, 4) is 11.3 Å². The molecule has 2 aromatic rings. The zero-order valence-electron chi connectivity index (χ0n) is 10.4. The molecule has 96 valence electrons. The number of nitrogens with zero attached hydrogens (tertiary/aromatic N) is 1. The minimum absolute atomic E-state index is 0.155. The van der Waals surface area contributed by atoms with E-state index in [1.807, 2.05) is 24.3 Å². The number of nitrogens with two attached hydrogens (primary N) is 1. The molecule has 0 saturated heterocycles. The largest absolute Gasteiger partial charge is 0.382 e. The third-order valence-corrected chi connectivity index (χ3v) is 2.70. The van der Waals surface area contributed by atoms with E-state index < -0.39 is 0 Å². The van der Waals surface area contributed by atoms with Crippen LogP contribution in [0.1, 0.15) is 11.7 Å². The maximum atomic E-state index is 5.57. The van der Waals surface area contributed by atoms with Crippen molar-refractivity contribution in [1.29, 1.82) is 0 Å². The topological polar surface area (TPSA) is 70.5 Å². The molecule has 2 N–H and O–H groups in total. The number of aromatic nitrogens is 1. The minimum Gasteiger partial charge on any atom is -0.382 e. The van der Waals surface area contributed by atoms with Gasteiger partial charge in [-0.3, -0.25) is 0 Å². The molecular formula is C13H16N2O3. The van der Waals surface area contributed by atoms with E-state index in [1.54, 1.807) is 20.3 Å². The Morgan fingerprint density at radius 2 is 2.11 bits per heavy atom. The van der Waals surface area contributed by atoms with E-state index in [2.05, 4.69) is 5.16 Å². The summed E-state index contributed by atoms with van der Waals surface area (Å²) in [6.45, 7) is 0.469. The highest BCUT2D eigenvalue weighted by Crippen LogP contribution is 2.30. The van der Waals surface area contributed by atoms with Crippen molar-refractivity contribution in [2.45, 2.75) is 6.10 Å². The second-order valence-corrected chi connectivity index (χ2v) is 3.88.